The van der Waals surface area contributed by atoms with Crippen LogP contribution in [0.2, 0.25) is 0 Å². The first kappa shape index (κ1) is 16.1. The molecule has 0 spiro atoms. The van der Waals surface area contributed by atoms with Gasteiger partial charge in [0.05, 0.1) is 0 Å². The minimum Gasteiger partial charge on any atom is -0.310 e. The Kier molecular flexibility index (Phi) is 5.88. The second-order valence-electron chi connectivity index (χ2n) is 5.00. The molecular formula is C17H18BrF2N. The Balaban J connectivity index is 2.25. The molecule has 0 saturated heterocycles. The van der Waals surface area contributed by atoms with Crippen LogP contribution in [0.5, 0.6) is 0 Å². The molecule has 0 saturated carbocycles. The highest BCUT2D eigenvalue weighted by molar-refractivity contribution is 9.10. The summed E-state index contributed by atoms with van der Waals surface area (Å²) in [6.07, 6.45) is 1.45. The number of hydrogen-bond donors (Lipinski definition) is 1. The molecule has 0 aliphatic heterocycles. The van der Waals surface area contributed by atoms with Crippen LogP contribution in [0.4, 0.5) is 8.78 Å². The van der Waals surface area contributed by atoms with Gasteiger partial charge in [-0.1, -0.05) is 35.0 Å². The fourth-order valence-electron chi connectivity index (χ4n) is 2.27. The van der Waals surface area contributed by atoms with Crippen molar-refractivity contribution in [3.8, 4) is 0 Å². The molecule has 0 heterocycles. The van der Waals surface area contributed by atoms with Crippen LogP contribution in [0, 0.1) is 11.6 Å². The van der Waals surface area contributed by atoms with E-state index in [1.165, 1.54) is 18.2 Å². The molecule has 4 heteroatoms. The minimum absolute atomic E-state index is 0.107. The van der Waals surface area contributed by atoms with Crippen LogP contribution in [0.25, 0.3) is 0 Å². The quantitative estimate of drug-likeness (QED) is 0.769. The summed E-state index contributed by atoms with van der Waals surface area (Å²) in [7, 11) is 0. The minimum atomic E-state index is -0.273. The van der Waals surface area contributed by atoms with Crippen molar-refractivity contribution >= 4 is 15.9 Å². The van der Waals surface area contributed by atoms with Crippen molar-refractivity contribution in [1.29, 1.82) is 0 Å². The molecule has 1 atom stereocenters. The predicted molar refractivity (Wildman–Crippen MR) is 85.2 cm³/mol. The Hall–Kier alpha value is -1.26. The van der Waals surface area contributed by atoms with Gasteiger partial charge < -0.3 is 5.32 Å². The number of hydrogen-bond acceptors (Lipinski definition) is 1. The van der Waals surface area contributed by atoms with E-state index >= 15 is 0 Å². The maximum atomic E-state index is 13.9. The van der Waals surface area contributed by atoms with E-state index in [-0.39, 0.29) is 17.7 Å². The molecule has 0 aliphatic carbocycles. The molecule has 112 valence electrons. The van der Waals surface area contributed by atoms with Crippen molar-refractivity contribution in [3.05, 3.63) is 69.7 Å². The summed E-state index contributed by atoms with van der Waals surface area (Å²) in [5.74, 6) is -0.511. The third kappa shape index (κ3) is 4.61. The summed E-state index contributed by atoms with van der Waals surface area (Å²) in [6.45, 7) is 2.87. The average molecular weight is 354 g/mol. The lowest BCUT2D eigenvalue weighted by atomic mass is 9.98. The molecule has 0 fully saturated rings. The first-order chi connectivity index (χ1) is 10.1. The highest BCUT2D eigenvalue weighted by atomic mass is 79.9. The van der Waals surface area contributed by atoms with Crippen LogP contribution in [0.3, 0.4) is 0 Å². The van der Waals surface area contributed by atoms with Gasteiger partial charge in [0.1, 0.15) is 11.6 Å². The molecule has 1 unspecified atom stereocenters. The van der Waals surface area contributed by atoms with Gasteiger partial charge in [-0.05, 0) is 60.8 Å². The predicted octanol–water partition coefficient (Wildman–Crippen LogP) is 5.01. The summed E-state index contributed by atoms with van der Waals surface area (Å²) in [6, 6.07) is 11.3. The van der Waals surface area contributed by atoms with E-state index in [2.05, 4.69) is 28.2 Å². The van der Waals surface area contributed by atoms with Crippen molar-refractivity contribution in [2.75, 3.05) is 6.54 Å². The van der Waals surface area contributed by atoms with Gasteiger partial charge in [0, 0.05) is 10.5 Å². The molecule has 2 rings (SSSR count). The van der Waals surface area contributed by atoms with Gasteiger partial charge in [-0.3, -0.25) is 0 Å². The highest BCUT2D eigenvalue weighted by Gasteiger charge is 2.15. The molecule has 0 aromatic heterocycles. The van der Waals surface area contributed by atoms with E-state index in [1.807, 2.05) is 6.07 Å². The first-order valence-corrected chi connectivity index (χ1v) is 7.82. The zero-order chi connectivity index (χ0) is 15.2. The summed E-state index contributed by atoms with van der Waals surface area (Å²) in [5.41, 5.74) is 1.45. The Morgan fingerprint density at radius 2 is 1.95 bits per heavy atom. The van der Waals surface area contributed by atoms with Crippen molar-refractivity contribution in [2.45, 2.75) is 25.8 Å². The van der Waals surface area contributed by atoms with Crippen LogP contribution in [-0.2, 0) is 6.42 Å². The molecule has 1 nitrogen and oxygen atoms in total. The largest absolute Gasteiger partial charge is 0.310 e. The van der Waals surface area contributed by atoms with E-state index < -0.39 is 0 Å². The van der Waals surface area contributed by atoms with E-state index in [0.29, 0.717) is 12.0 Å². The Bertz CT molecular complexity index is 601. The SMILES string of the molecule is CCCNC(Cc1cc(Br)ccc1F)c1cccc(F)c1. The van der Waals surface area contributed by atoms with Gasteiger partial charge in [0.2, 0.25) is 0 Å². The molecule has 2 aromatic carbocycles. The van der Waals surface area contributed by atoms with Crippen molar-refractivity contribution in [3.63, 3.8) is 0 Å². The molecule has 1 N–H and O–H groups in total. The normalized spacial score (nSPS) is 12.4. The Morgan fingerprint density at radius 3 is 2.67 bits per heavy atom. The maximum absolute atomic E-state index is 13.9. The van der Waals surface area contributed by atoms with Crippen molar-refractivity contribution in [1.82, 2.24) is 5.32 Å². The molecule has 0 aliphatic rings. The average Bonchev–Trinajstić information content (AvgIpc) is 2.47. The molecule has 0 radical (unpaired) electrons. The zero-order valence-corrected chi connectivity index (χ0v) is 13.5. The second kappa shape index (κ2) is 7.66. The molecule has 0 amide bonds. The molecule has 2 aromatic rings. The van der Waals surface area contributed by atoms with Gasteiger partial charge in [-0.2, -0.15) is 0 Å². The van der Waals surface area contributed by atoms with Gasteiger partial charge in [-0.25, -0.2) is 8.78 Å². The zero-order valence-electron chi connectivity index (χ0n) is 11.9. The molecule has 0 bridgehead atoms. The first-order valence-electron chi connectivity index (χ1n) is 7.03. The molecular weight excluding hydrogens is 336 g/mol. The van der Waals surface area contributed by atoms with Crippen molar-refractivity contribution in [2.24, 2.45) is 0 Å². The van der Waals surface area contributed by atoms with Gasteiger partial charge >= 0.3 is 0 Å². The third-order valence-electron chi connectivity index (χ3n) is 3.32. The summed E-state index contributed by atoms with van der Waals surface area (Å²) < 4.78 is 28.2. The fourth-order valence-corrected chi connectivity index (χ4v) is 2.68. The third-order valence-corrected chi connectivity index (χ3v) is 3.82. The highest BCUT2D eigenvalue weighted by Crippen LogP contribution is 2.23. The summed E-state index contributed by atoms with van der Waals surface area (Å²) in [5, 5.41) is 3.36. The smallest absolute Gasteiger partial charge is 0.126 e. The van der Waals surface area contributed by atoms with Crippen LogP contribution in [-0.4, -0.2) is 6.54 Å². The van der Waals surface area contributed by atoms with Crippen molar-refractivity contribution < 1.29 is 8.78 Å². The standard InChI is InChI=1S/C17H18BrF2N/c1-2-8-21-17(12-4-3-5-15(19)10-12)11-13-9-14(18)6-7-16(13)20/h3-7,9-10,17,21H,2,8,11H2,1H3. The van der Waals surface area contributed by atoms with E-state index in [4.69, 9.17) is 0 Å². The van der Waals surface area contributed by atoms with E-state index in [0.717, 1.165) is 23.0 Å². The lowest BCUT2D eigenvalue weighted by molar-refractivity contribution is 0.509. The van der Waals surface area contributed by atoms with Gasteiger partial charge in [0.25, 0.3) is 0 Å². The topological polar surface area (TPSA) is 12.0 Å². The number of halogens is 3. The number of benzene rings is 2. The maximum Gasteiger partial charge on any atom is 0.126 e. The fraction of sp³-hybridized carbons (Fsp3) is 0.294. The van der Waals surface area contributed by atoms with Crippen LogP contribution in [0.1, 0.15) is 30.5 Å². The molecule has 21 heavy (non-hydrogen) atoms. The van der Waals surface area contributed by atoms with Crippen LogP contribution < -0.4 is 5.32 Å². The van der Waals surface area contributed by atoms with Gasteiger partial charge in [0.15, 0.2) is 0 Å². The lowest BCUT2D eigenvalue weighted by Gasteiger charge is -2.20. The van der Waals surface area contributed by atoms with Gasteiger partial charge in [-0.15, -0.1) is 0 Å². The van der Waals surface area contributed by atoms with E-state index in [1.54, 1.807) is 18.2 Å². The summed E-state index contributed by atoms with van der Waals surface area (Å²) >= 11 is 3.36. The van der Waals surface area contributed by atoms with Crippen LogP contribution >= 0.6 is 15.9 Å². The second-order valence-corrected chi connectivity index (χ2v) is 5.92. The van der Waals surface area contributed by atoms with E-state index in [9.17, 15) is 8.78 Å². The lowest BCUT2D eigenvalue weighted by Crippen LogP contribution is -2.24. The monoisotopic (exact) mass is 353 g/mol. The Labute approximate surface area is 132 Å². The number of nitrogens with one attached hydrogen (secondary N) is 1. The Morgan fingerprint density at radius 1 is 1.14 bits per heavy atom. The van der Waals surface area contributed by atoms with Crippen LogP contribution in [0.15, 0.2) is 46.9 Å². The summed E-state index contributed by atoms with van der Waals surface area (Å²) in [4.78, 5) is 0. The number of rotatable bonds is 6.